The molecule has 0 unspecified atom stereocenters. The molecule has 0 saturated heterocycles. The van der Waals surface area contributed by atoms with Crippen molar-refractivity contribution in [1.82, 2.24) is 5.32 Å². The van der Waals surface area contributed by atoms with Crippen LogP contribution in [0.2, 0.25) is 0 Å². The van der Waals surface area contributed by atoms with Crippen molar-refractivity contribution >= 4 is 11.7 Å². The van der Waals surface area contributed by atoms with E-state index in [4.69, 9.17) is 14.2 Å². The van der Waals surface area contributed by atoms with Gasteiger partial charge in [-0.3, -0.25) is 9.59 Å². The van der Waals surface area contributed by atoms with Crippen molar-refractivity contribution in [2.45, 2.75) is 64.1 Å². The van der Waals surface area contributed by atoms with E-state index in [2.05, 4.69) is 5.32 Å². The van der Waals surface area contributed by atoms with Gasteiger partial charge in [0.25, 0.3) is 0 Å². The Balaban J connectivity index is 1.89. The number of ether oxygens (including phenoxy) is 3. The minimum absolute atomic E-state index is 0.0202. The first-order valence-electron chi connectivity index (χ1n) is 8.60. The summed E-state index contributed by atoms with van der Waals surface area (Å²) in [5.41, 5.74) is 0. The molecule has 0 heterocycles. The highest BCUT2D eigenvalue weighted by molar-refractivity contribution is 5.76. The smallest absolute Gasteiger partial charge is 0.220 e. The molecule has 0 aromatic rings. The van der Waals surface area contributed by atoms with Crippen LogP contribution in [0.3, 0.4) is 0 Å². The minimum Gasteiger partial charge on any atom is -0.381 e. The van der Waals surface area contributed by atoms with Crippen LogP contribution in [0.4, 0.5) is 0 Å². The van der Waals surface area contributed by atoms with Crippen molar-refractivity contribution in [3.63, 3.8) is 0 Å². The molecule has 0 spiro atoms. The molecule has 23 heavy (non-hydrogen) atoms. The molecular weight excluding hydrogens is 298 g/mol. The largest absolute Gasteiger partial charge is 0.381 e. The molecule has 6 heteroatoms. The van der Waals surface area contributed by atoms with Gasteiger partial charge in [0, 0.05) is 33.1 Å². The van der Waals surface area contributed by atoms with Crippen LogP contribution < -0.4 is 5.32 Å². The van der Waals surface area contributed by atoms with E-state index in [0.717, 1.165) is 32.1 Å². The molecule has 0 radical (unpaired) electrons. The third kappa shape index (κ3) is 10.4. The average Bonchev–Trinajstić information content (AvgIpc) is 2.55. The fourth-order valence-corrected chi connectivity index (χ4v) is 2.59. The van der Waals surface area contributed by atoms with Crippen LogP contribution in [0.5, 0.6) is 0 Å². The van der Waals surface area contributed by atoms with Crippen LogP contribution in [-0.4, -0.2) is 57.4 Å². The fraction of sp³-hybridized carbons (Fsp3) is 0.882. The first kappa shape index (κ1) is 20.1. The summed E-state index contributed by atoms with van der Waals surface area (Å²) in [5, 5.41) is 2.80. The summed E-state index contributed by atoms with van der Waals surface area (Å²) in [4.78, 5) is 22.3. The van der Waals surface area contributed by atoms with Crippen LogP contribution in [-0.2, 0) is 23.8 Å². The Morgan fingerprint density at radius 3 is 2.35 bits per heavy atom. The number of methoxy groups -OCH3 is 1. The highest BCUT2D eigenvalue weighted by Gasteiger charge is 2.20. The molecular formula is C17H31NO5. The van der Waals surface area contributed by atoms with E-state index in [1.54, 1.807) is 7.11 Å². The summed E-state index contributed by atoms with van der Waals surface area (Å²) in [6, 6.07) is 0. The van der Waals surface area contributed by atoms with Crippen LogP contribution in [0, 0.1) is 0 Å². The maximum atomic E-state index is 11.6. The first-order chi connectivity index (χ1) is 11.1. The lowest BCUT2D eigenvalue weighted by molar-refractivity contribution is -0.122. The van der Waals surface area contributed by atoms with Gasteiger partial charge in [0.15, 0.2) is 0 Å². The van der Waals surface area contributed by atoms with Gasteiger partial charge in [0.2, 0.25) is 5.91 Å². The van der Waals surface area contributed by atoms with E-state index >= 15 is 0 Å². The number of carbonyl (C=O) groups excluding carboxylic acids is 2. The number of rotatable bonds is 12. The van der Waals surface area contributed by atoms with Crippen molar-refractivity contribution in [3.05, 3.63) is 0 Å². The predicted octanol–water partition coefficient (Wildman–Crippen LogP) is 1.85. The monoisotopic (exact) mass is 329 g/mol. The molecule has 0 aromatic heterocycles. The summed E-state index contributed by atoms with van der Waals surface area (Å²) in [7, 11) is 1.76. The molecule has 134 valence electrons. The molecule has 0 aromatic carbocycles. The zero-order valence-electron chi connectivity index (χ0n) is 14.5. The lowest BCUT2D eigenvalue weighted by Crippen LogP contribution is -2.28. The molecule has 1 aliphatic carbocycles. The third-order valence-corrected chi connectivity index (χ3v) is 4.02. The van der Waals surface area contributed by atoms with Crippen LogP contribution in [0.25, 0.3) is 0 Å². The van der Waals surface area contributed by atoms with Crippen molar-refractivity contribution in [2.24, 2.45) is 0 Å². The Morgan fingerprint density at radius 2 is 1.70 bits per heavy atom. The maximum Gasteiger partial charge on any atom is 0.220 e. The number of hydrogen-bond acceptors (Lipinski definition) is 5. The summed E-state index contributed by atoms with van der Waals surface area (Å²) in [6.07, 6.45) is 6.55. The first-order valence-corrected chi connectivity index (χ1v) is 8.60. The Kier molecular flexibility index (Phi) is 10.9. The topological polar surface area (TPSA) is 73.9 Å². The van der Waals surface area contributed by atoms with Gasteiger partial charge in [-0.05, 0) is 39.0 Å². The molecule has 1 rings (SSSR count). The zero-order valence-corrected chi connectivity index (χ0v) is 14.5. The highest BCUT2D eigenvalue weighted by Crippen LogP contribution is 2.23. The van der Waals surface area contributed by atoms with Gasteiger partial charge < -0.3 is 19.5 Å². The van der Waals surface area contributed by atoms with Gasteiger partial charge in [0.05, 0.1) is 25.4 Å². The second-order valence-corrected chi connectivity index (χ2v) is 6.02. The van der Waals surface area contributed by atoms with Crippen molar-refractivity contribution in [3.8, 4) is 0 Å². The summed E-state index contributed by atoms with van der Waals surface area (Å²) in [6.45, 7) is 3.52. The third-order valence-electron chi connectivity index (χ3n) is 4.02. The highest BCUT2D eigenvalue weighted by atomic mass is 16.5. The Hall–Kier alpha value is -0.980. The molecule has 1 amide bonds. The van der Waals surface area contributed by atoms with Gasteiger partial charge in [0.1, 0.15) is 5.78 Å². The number of nitrogens with one attached hydrogen (secondary N) is 1. The molecule has 0 atom stereocenters. The Bertz CT molecular complexity index is 340. The lowest BCUT2D eigenvalue weighted by atomic mass is 9.95. The van der Waals surface area contributed by atoms with E-state index in [-0.39, 0.29) is 11.7 Å². The number of amides is 1. The maximum absolute atomic E-state index is 11.6. The average molecular weight is 329 g/mol. The number of ketones is 1. The number of hydrogen-bond donors (Lipinski definition) is 1. The van der Waals surface area contributed by atoms with Gasteiger partial charge in [-0.15, -0.1) is 0 Å². The van der Waals surface area contributed by atoms with E-state index in [1.165, 1.54) is 6.92 Å². The van der Waals surface area contributed by atoms with Gasteiger partial charge >= 0.3 is 0 Å². The van der Waals surface area contributed by atoms with Crippen LogP contribution >= 0.6 is 0 Å². The van der Waals surface area contributed by atoms with Crippen LogP contribution in [0.15, 0.2) is 0 Å². The molecule has 1 fully saturated rings. The van der Waals surface area contributed by atoms with Gasteiger partial charge in [-0.1, -0.05) is 0 Å². The second kappa shape index (κ2) is 12.4. The zero-order chi connectivity index (χ0) is 16.9. The quantitative estimate of drug-likeness (QED) is 0.553. The van der Waals surface area contributed by atoms with E-state index < -0.39 is 0 Å². The molecule has 0 aliphatic heterocycles. The second-order valence-electron chi connectivity index (χ2n) is 6.02. The summed E-state index contributed by atoms with van der Waals surface area (Å²) < 4.78 is 16.4. The van der Waals surface area contributed by atoms with Gasteiger partial charge in [-0.2, -0.15) is 0 Å². The van der Waals surface area contributed by atoms with Crippen molar-refractivity contribution in [1.29, 1.82) is 0 Å². The lowest BCUT2D eigenvalue weighted by Gasteiger charge is -2.27. The Labute approximate surface area is 139 Å². The molecule has 6 nitrogen and oxygen atoms in total. The molecule has 1 saturated carbocycles. The van der Waals surface area contributed by atoms with Crippen LogP contribution in [0.1, 0.15) is 51.9 Å². The van der Waals surface area contributed by atoms with E-state index in [9.17, 15) is 9.59 Å². The minimum atomic E-state index is 0.0202. The summed E-state index contributed by atoms with van der Waals surface area (Å²) in [5.74, 6) is 0.136. The number of Topliss-reactive ketones (excluding diaryl/α,β-unsaturated/α-hetero) is 1. The molecule has 1 N–H and O–H groups in total. The van der Waals surface area contributed by atoms with Crippen molar-refractivity contribution < 1.29 is 23.8 Å². The normalized spacial score (nSPS) is 21.1. The fourth-order valence-electron chi connectivity index (χ4n) is 2.59. The SMILES string of the molecule is COC1CCC(OCCCC(=O)NCCOCCC(C)=O)CC1. The van der Waals surface area contributed by atoms with E-state index in [0.29, 0.717) is 51.4 Å². The van der Waals surface area contributed by atoms with Crippen molar-refractivity contribution in [2.75, 3.05) is 33.5 Å². The summed E-state index contributed by atoms with van der Waals surface area (Å²) >= 11 is 0. The number of carbonyl (C=O) groups is 2. The van der Waals surface area contributed by atoms with Gasteiger partial charge in [-0.25, -0.2) is 0 Å². The predicted molar refractivity (Wildman–Crippen MR) is 87.4 cm³/mol. The Morgan fingerprint density at radius 1 is 1.00 bits per heavy atom. The standard InChI is InChI=1S/C17H31NO5/c1-14(19)9-12-22-13-10-18-17(20)4-3-11-23-16-7-5-15(21-2)6-8-16/h15-16H,3-13H2,1-2H3,(H,18,20). The molecule has 0 bridgehead atoms. The molecule has 1 aliphatic rings. The van der Waals surface area contributed by atoms with E-state index in [1.807, 2.05) is 0 Å².